The van der Waals surface area contributed by atoms with E-state index < -0.39 is 0 Å². The van der Waals surface area contributed by atoms with Crippen LogP contribution in [0.25, 0.3) is 11.0 Å². The molecular formula is C12H14N6. The molecule has 0 aliphatic heterocycles. The van der Waals surface area contributed by atoms with Gasteiger partial charge in [0, 0.05) is 38.1 Å². The first-order valence-electron chi connectivity index (χ1n) is 5.82. The van der Waals surface area contributed by atoms with Crippen LogP contribution in [0.2, 0.25) is 0 Å². The Balaban J connectivity index is 1.74. The number of aromatic nitrogens is 5. The van der Waals surface area contributed by atoms with E-state index in [0.29, 0.717) is 0 Å². The molecule has 0 aromatic carbocycles. The first-order chi connectivity index (χ1) is 8.84. The van der Waals surface area contributed by atoms with Gasteiger partial charge in [-0.05, 0) is 6.07 Å². The highest BCUT2D eigenvalue weighted by Gasteiger charge is 2.06. The number of anilines is 1. The highest BCUT2D eigenvalue weighted by Crippen LogP contribution is 2.18. The van der Waals surface area contributed by atoms with Crippen LogP contribution in [-0.2, 0) is 13.5 Å². The van der Waals surface area contributed by atoms with Crippen LogP contribution in [0.4, 0.5) is 5.82 Å². The summed E-state index contributed by atoms with van der Waals surface area (Å²) in [5.74, 6) is 0.826. The molecule has 3 heterocycles. The van der Waals surface area contributed by atoms with Crippen LogP contribution in [0, 0.1) is 0 Å². The molecule has 0 unspecified atom stereocenters. The van der Waals surface area contributed by atoms with Crippen molar-refractivity contribution in [1.29, 1.82) is 0 Å². The molecule has 0 atom stereocenters. The highest BCUT2D eigenvalue weighted by molar-refractivity contribution is 5.85. The molecule has 18 heavy (non-hydrogen) atoms. The third kappa shape index (κ3) is 1.92. The molecule has 0 aliphatic carbocycles. The van der Waals surface area contributed by atoms with Gasteiger partial charge in [-0.15, -0.1) is 0 Å². The summed E-state index contributed by atoms with van der Waals surface area (Å²) >= 11 is 0. The van der Waals surface area contributed by atoms with Gasteiger partial charge in [0.15, 0.2) is 5.82 Å². The molecule has 0 saturated carbocycles. The summed E-state index contributed by atoms with van der Waals surface area (Å²) in [5.41, 5.74) is 3.09. The van der Waals surface area contributed by atoms with Crippen molar-refractivity contribution in [2.45, 2.75) is 6.42 Å². The Kier molecular flexibility index (Phi) is 2.68. The lowest BCUT2D eigenvalue weighted by atomic mass is 10.3. The minimum Gasteiger partial charge on any atom is -0.368 e. The molecule has 0 saturated heterocycles. The third-order valence-corrected chi connectivity index (χ3v) is 2.88. The number of hydrogen-bond donors (Lipinski definition) is 2. The molecule has 92 valence electrons. The second-order valence-electron chi connectivity index (χ2n) is 4.14. The molecular weight excluding hydrogens is 228 g/mol. The van der Waals surface area contributed by atoms with Crippen molar-refractivity contribution in [3.8, 4) is 0 Å². The summed E-state index contributed by atoms with van der Waals surface area (Å²) in [6, 6.07) is 1.96. The maximum atomic E-state index is 4.35. The number of aryl methyl sites for hydroxylation is 1. The fraction of sp³-hybridized carbons (Fsp3) is 0.250. The van der Waals surface area contributed by atoms with E-state index in [1.165, 1.54) is 0 Å². The highest BCUT2D eigenvalue weighted by atomic mass is 15.1. The van der Waals surface area contributed by atoms with Crippen molar-refractivity contribution in [1.82, 2.24) is 24.5 Å². The van der Waals surface area contributed by atoms with Gasteiger partial charge in [-0.1, -0.05) is 0 Å². The zero-order chi connectivity index (χ0) is 12.4. The molecule has 0 fully saturated rings. The Bertz CT molecular complexity index is 640. The second-order valence-corrected chi connectivity index (χ2v) is 4.14. The number of nitrogens with zero attached hydrogens (tertiary/aromatic N) is 4. The van der Waals surface area contributed by atoms with Crippen molar-refractivity contribution in [2.24, 2.45) is 7.05 Å². The molecule has 0 aliphatic rings. The lowest BCUT2D eigenvalue weighted by molar-refractivity contribution is 0.947. The van der Waals surface area contributed by atoms with Gasteiger partial charge in [-0.25, -0.2) is 15.0 Å². The molecule has 0 spiro atoms. The van der Waals surface area contributed by atoms with E-state index in [-0.39, 0.29) is 0 Å². The van der Waals surface area contributed by atoms with Crippen molar-refractivity contribution in [3.05, 3.63) is 36.8 Å². The van der Waals surface area contributed by atoms with Gasteiger partial charge in [0.2, 0.25) is 0 Å². The normalized spacial score (nSPS) is 10.9. The van der Waals surface area contributed by atoms with E-state index in [0.717, 1.165) is 35.5 Å². The van der Waals surface area contributed by atoms with E-state index in [1.807, 2.05) is 23.9 Å². The topological polar surface area (TPSA) is 71.4 Å². The van der Waals surface area contributed by atoms with E-state index in [9.17, 15) is 0 Å². The molecule has 0 radical (unpaired) electrons. The van der Waals surface area contributed by atoms with Gasteiger partial charge in [0.05, 0.1) is 18.2 Å². The summed E-state index contributed by atoms with van der Waals surface area (Å²) in [7, 11) is 1.98. The van der Waals surface area contributed by atoms with Crippen LogP contribution < -0.4 is 5.32 Å². The summed E-state index contributed by atoms with van der Waals surface area (Å²) in [5, 5.41) is 3.30. The molecule has 2 N–H and O–H groups in total. The number of pyridine rings is 1. The third-order valence-electron chi connectivity index (χ3n) is 2.88. The summed E-state index contributed by atoms with van der Waals surface area (Å²) < 4.78 is 1.98. The minimum atomic E-state index is 0.797. The van der Waals surface area contributed by atoms with E-state index >= 15 is 0 Å². The molecule has 3 aromatic heterocycles. The van der Waals surface area contributed by atoms with E-state index in [1.54, 1.807) is 18.9 Å². The van der Waals surface area contributed by atoms with E-state index in [4.69, 9.17) is 0 Å². The molecule has 3 rings (SSSR count). The summed E-state index contributed by atoms with van der Waals surface area (Å²) in [6.45, 7) is 0.797. The van der Waals surface area contributed by atoms with Crippen molar-refractivity contribution >= 4 is 16.9 Å². The summed E-state index contributed by atoms with van der Waals surface area (Å²) in [4.78, 5) is 15.7. The molecule has 3 aromatic rings. The smallest absolute Gasteiger partial charge is 0.154 e. The number of imidazole rings is 2. The lowest BCUT2D eigenvalue weighted by Crippen LogP contribution is -2.07. The van der Waals surface area contributed by atoms with Gasteiger partial charge >= 0.3 is 0 Å². The first-order valence-corrected chi connectivity index (χ1v) is 5.82. The van der Waals surface area contributed by atoms with Crippen molar-refractivity contribution in [2.75, 3.05) is 11.9 Å². The molecule has 0 bridgehead atoms. The van der Waals surface area contributed by atoms with Crippen LogP contribution in [0.1, 0.15) is 5.69 Å². The number of hydrogen-bond acceptors (Lipinski definition) is 4. The maximum Gasteiger partial charge on any atom is 0.154 e. The molecule has 6 nitrogen and oxygen atoms in total. The zero-order valence-electron chi connectivity index (χ0n) is 10.1. The van der Waals surface area contributed by atoms with Crippen LogP contribution in [0.3, 0.4) is 0 Å². The Morgan fingerprint density at radius 3 is 3.17 bits per heavy atom. The Hall–Kier alpha value is -2.37. The van der Waals surface area contributed by atoms with Crippen LogP contribution in [-0.4, -0.2) is 31.0 Å². The first kappa shape index (κ1) is 10.8. The summed E-state index contributed by atoms with van der Waals surface area (Å²) in [6.07, 6.45) is 7.99. The number of aromatic amines is 1. The Labute approximate surface area is 104 Å². The van der Waals surface area contributed by atoms with Gasteiger partial charge in [0.25, 0.3) is 0 Å². The fourth-order valence-corrected chi connectivity index (χ4v) is 1.93. The van der Waals surface area contributed by atoms with Crippen LogP contribution in [0.15, 0.2) is 31.1 Å². The average molecular weight is 242 g/mol. The number of nitrogens with one attached hydrogen (secondary N) is 2. The largest absolute Gasteiger partial charge is 0.368 e. The number of fused-ring (bicyclic) bond motifs is 1. The van der Waals surface area contributed by atoms with E-state index in [2.05, 4.69) is 25.3 Å². The van der Waals surface area contributed by atoms with Crippen LogP contribution in [0.5, 0.6) is 0 Å². The lowest BCUT2D eigenvalue weighted by Gasteiger charge is -2.05. The van der Waals surface area contributed by atoms with Gasteiger partial charge in [-0.2, -0.15) is 0 Å². The number of H-pyrrole nitrogens is 1. The monoisotopic (exact) mass is 242 g/mol. The minimum absolute atomic E-state index is 0.797. The van der Waals surface area contributed by atoms with Gasteiger partial charge < -0.3 is 14.9 Å². The predicted octanol–water partition coefficient (Wildman–Crippen LogP) is 1.35. The zero-order valence-corrected chi connectivity index (χ0v) is 10.1. The van der Waals surface area contributed by atoms with Crippen molar-refractivity contribution in [3.63, 3.8) is 0 Å². The molecule has 6 heteroatoms. The predicted molar refractivity (Wildman–Crippen MR) is 69.3 cm³/mol. The SMILES string of the molecule is Cn1cnc2c(NCCc3cnc[nH]3)nccc21. The van der Waals surface area contributed by atoms with Gasteiger partial charge in [0.1, 0.15) is 5.52 Å². The number of rotatable bonds is 4. The average Bonchev–Trinajstić information content (AvgIpc) is 3.01. The standard InChI is InChI=1S/C12H14N6/c1-18-8-17-11-10(18)3-5-15-12(11)14-4-2-9-6-13-7-16-9/h3,5-8H,2,4H2,1H3,(H,13,16)(H,14,15). The fourth-order valence-electron chi connectivity index (χ4n) is 1.93. The quantitative estimate of drug-likeness (QED) is 0.724. The Morgan fingerprint density at radius 1 is 1.39 bits per heavy atom. The molecule has 0 amide bonds. The Morgan fingerprint density at radius 2 is 2.33 bits per heavy atom. The maximum absolute atomic E-state index is 4.35. The van der Waals surface area contributed by atoms with Crippen molar-refractivity contribution < 1.29 is 0 Å². The van der Waals surface area contributed by atoms with Crippen LogP contribution >= 0.6 is 0 Å². The second kappa shape index (κ2) is 4.48. The van der Waals surface area contributed by atoms with Gasteiger partial charge in [-0.3, -0.25) is 0 Å².